The molecule has 0 spiro atoms. The van der Waals surface area contributed by atoms with Gasteiger partial charge in [-0.15, -0.1) is 10.2 Å². The summed E-state index contributed by atoms with van der Waals surface area (Å²) in [6, 6.07) is 0. The fraction of sp³-hybridized carbons (Fsp3) is 0.400. The van der Waals surface area contributed by atoms with Gasteiger partial charge in [-0.1, -0.05) is 18.2 Å². The summed E-state index contributed by atoms with van der Waals surface area (Å²) >= 11 is 5.96. The molecular weight excluding hydrogens is 184 g/mol. The predicted molar refractivity (Wildman–Crippen MR) is 53.8 cm³/mol. The molecule has 2 rings (SSSR count). The molecule has 1 aliphatic rings. The average molecular weight is 195 g/mol. The third kappa shape index (κ3) is 1.46. The van der Waals surface area contributed by atoms with Crippen molar-refractivity contribution < 1.29 is 0 Å². The van der Waals surface area contributed by atoms with Crippen LogP contribution in [-0.2, 0) is 12.8 Å². The van der Waals surface area contributed by atoms with Crippen LogP contribution in [0.2, 0.25) is 5.15 Å². The number of fused-ring (bicyclic) bond motifs is 1. The minimum absolute atomic E-state index is 0.570. The van der Waals surface area contributed by atoms with Gasteiger partial charge in [-0.2, -0.15) is 0 Å². The van der Waals surface area contributed by atoms with Crippen molar-refractivity contribution in [3.63, 3.8) is 0 Å². The van der Waals surface area contributed by atoms with E-state index in [1.165, 1.54) is 24.0 Å². The number of aromatic nitrogens is 2. The van der Waals surface area contributed by atoms with E-state index in [2.05, 4.69) is 16.8 Å². The van der Waals surface area contributed by atoms with Crippen LogP contribution in [0.4, 0.5) is 0 Å². The van der Waals surface area contributed by atoms with Crippen LogP contribution in [0.15, 0.2) is 6.58 Å². The van der Waals surface area contributed by atoms with Crippen LogP contribution in [0, 0.1) is 0 Å². The Bertz CT molecular complexity index is 347. The monoisotopic (exact) mass is 194 g/mol. The largest absolute Gasteiger partial charge is 0.155 e. The van der Waals surface area contributed by atoms with Crippen molar-refractivity contribution in [2.75, 3.05) is 0 Å². The van der Waals surface area contributed by atoms with Crippen LogP contribution in [0.1, 0.15) is 29.7 Å². The molecule has 1 heterocycles. The molecule has 0 saturated heterocycles. The molecule has 0 radical (unpaired) electrons. The predicted octanol–water partition coefficient (Wildman–Crippen LogP) is 2.65. The van der Waals surface area contributed by atoms with E-state index < -0.39 is 0 Å². The molecule has 0 atom stereocenters. The number of nitrogens with zero attached hydrogens (tertiary/aromatic N) is 2. The first kappa shape index (κ1) is 8.70. The molecule has 0 unspecified atom stereocenters. The molecule has 1 aromatic heterocycles. The fourth-order valence-electron chi connectivity index (χ4n) is 1.80. The SMILES string of the molecule is C=Cc1nnc(Cl)c2c1CCCC2. The first-order valence-electron chi connectivity index (χ1n) is 4.49. The summed E-state index contributed by atoms with van der Waals surface area (Å²) in [5, 5.41) is 8.49. The van der Waals surface area contributed by atoms with Gasteiger partial charge in [-0.3, -0.25) is 0 Å². The third-order valence-electron chi connectivity index (χ3n) is 2.46. The second-order valence-corrected chi connectivity index (χ2v) is 3.60. The highest BCUT2D eigenvalue weighted by Crippen LogP contribution is 2.27. The van der Waals surface area contributed by atoms with Gasteiger partial charge in [0.25, 0.3) is 0 Å². The van der Waals surface area contributed by atoms with E-state index in [0.29, 0.717) is 5.15 Å². The van der Waals surface area contributed by atoms with E-state index in [0.717, 1.165) is 18.5 Å². The molecule has 0 amide bonds. The highest BCUT2D eigenvalue weighted by molar-refractivity contribution is 6.30. The molecule has 0 aliphatic heterocycles. The third-order valence-corrected chi connectivity index (χ3v) is 2.77. The minimum atomic E-state index is 0.570. The van der Waals surface area contributed by atoms with E-state index in [9.17, 15) is 0 Å². The van der Waals surface area contributed by atoms with E-state index in [1.54, 1.807) is 6.08 Å². The Morgan fingerprint density at radius 2 is 1.85 bits per heavy atom. The van der Waals surface area contributed by atoms with E-state index in [4.69, 9.17) is 11.6 Å². The molecule has 0 saturated carbocycles. The Balaban J connectivity index is 2.58. The molecule has 0 bridgehead atoms. The zero-order chi connectivity index (χ0) is 9.26. The van der Waals surface area contributed by atoms with Crippen molar-refractivity contribution in [1.29, 1.82) is 0 Å². The van der Waals surface area contributed by atoms with Crippen LogP contribution in [0.3, 0.4) is 0 Å². The number of hydrogen-bond donors (Lipinski definition) is 0. The zero-order valence-corrected chi connectivity index (χ0v) is 8.14. The van der Waals surface area contributed by atoms with Crippen molar-refractivity contribution in [2.24, 2.45) is 0 Å². The summed E-state index contributed by atoms with van der Waals surface area (Å²) in [5.74, 6) is 0. The summed E-state index contributed by atoms with van der Waals surface area (Å²) in [7, 11) is 0. The Morgan fingerprint density at radius 3 is 2.54 bits per heavy atom. The molecule has 13 heavy (non-hydrogen) atoms. The lowest BCUT2D eigenvalue weighted by molar-refractivity contribution is 0.672. The quantitative estimate of drug-likeness (QED) is 0.687. The molecule has 1 aromatic rings. The van der Waals surface area contributed by atoms with Crippen molar-refractivity contribution in [3.8, 4) is 0 Å². The van der Waals surface area contributed by atoms with Gasteiger partial charge >= 0.3 is 0 Å². The molecule has 0 fully saturated rings. The molecule has 0 aromatic carbocycles. The Labute approximate surface area is 82.6 Å². The maximum absolute atomic E-state index is 5.96. The highest BCUT2D eigenvalue weighted by atomic mass is 35.5. The van der Waals surface area contributed by atoms with Crippen LogP contribution in [-0.4, -0.2) is 10.2 Å². The standard InChI is InChI=1S/C10H11ClN2/c1-2-9-7-5-3-4-6-8(7)10(11)13-12-9/h2H,1,3-6H2. The summed E-state index contributed by atoms with van der Waals surface area (Å²) < 4.78 is 0. The normalized spacial score (nSPS) is 15.2. The topological polar surface area (TPSA) is 25.8 Å². The Hall–Kier alpha value is -0.890. The van der Waals surface area contributed by atoms with Crippen LogP contribution < -0.4 is 0 Å². The lowest BCUT2D eigenvalue weighted by Crippen LogP contribution is -2.08. The van der Waals surface area contributed by atoms with E-state index >= 15 is 0 Å². The van der Waals surface area contributed by atoms with Crippen molar-refractivity contribution in [2.45, 2.75) is 25.7 Å². The van der Waals surface area contributed by atoms with Crippen molar-refractivity contribution >= 4 is 17.7 Å². The number of halogens is 1. The number of hydrogen-bond acceptors (Lipinski definition) is 2. The van der Waals surface area contributed by atoms with Gasteiger partial charge in [0.2, 0.25) is 0 Å². The second kappa shape index (κ2) is 3.46. The van der Waals surface area contributed by atoms with Gasteiger partial charge in [0, 0.05) is 0 Å². The molecule has 2 nitrogen and oxygen atoms in total. The molecule has 1 aliphatic carbocycles. The minimum Gasteiger partial charge on any atom is -0.149 e. The van der Waals surface area contributed by atoms with Gasteiger partial charge in [0.1, 0.15) is 0 Å². The van der Waals surface area contributed by atoms with Gasteiger partial charge in [0.05, 0.1) is 5.69 Å². The Morgan fingerprint density at radius 1 is 1.15 bits per heavy atom. The van der Waals surface area contributed by atoms with Crippen LogP contribution in [0.5, 0.6) is 0 Å². The van der Waals surface area contributed by atoms with Gasteiger partial charge in [0.15, 0.2) is 5.15 Å². The van der Waals surface area contributed by atoms with Gasteiger partial charge in [-0.05, 0) is 42.9 Å². The lowest BCUT2D eigenvalue weighted by Gasteiger charge is -2.17. The van der Waals surface area contributed by atoms with E-state index in [-0.39, 0.29) is 0 Å². The zero-order valence-electron chi connectivity index (χ0n) is 7.39. The number of rotatable bonds is 1. The van der Waals surface area contributed by atoms with Crippen molar-refractivity contribution in [1.82, 2.24) is 10.2 Å². The van der Waals surface area contributed by atoms with Crippen LogP contribution >= 0.6 is 11.6 Å². The second-order valence-electron chi connectivity index (χ2n) is 3.24. The molecular formula is C10H11ClN2. The first-order valence-corrected chi connectivity index (χ1v) is 4.87. The maximum atomic E-state index is 5.96. The highest BCUT2D eigenvalue weighted by Gasteiger charge is 2.16. The fourth-order valence-corrected chi connectivity index (χ4v) is 2.04. The molecule has 68 valence electrons. The lowest BCUT2D eigenvalue weighted by atomic mass is 9.92. The summed E-state index contributed by atoms with van der Waals surface area (Å²) in [6.45, 7) is 3.72. The van der Waals surface area contributed by atoms with Crippen molar-refractivity contribution in [3.05, 3.63) is 28.6 Å². The maximum Gasteiger partial charge on any atom is 0.155 e. The van der Waals surface area contributed by atoms with Gasteiger partial charge in [-0.25, -0.2) is 0 Å². The first-order chi connectivity index (χ1) is 6.33. The summed E-state index contributed by atoms with van der Waals surface area (Å²) in [5.41, 5.74) is 3.33. The summed E-state index contributed by atoms with van der Waals surface area (Å²) in [6.07, 6.45) is 6.27. The van der Waals surface area contributed by atoms with E-state index in [1.807, 2.05) is 0 Å². The smallest absolute Gasteiger partial charge is 0.149 e. The molecule has 0 N–H and O–H groups in total. The van der Waals surface area contributed by atoms with Gasteiger partial charge < -0.3 is 0 Å². The Kier molecular flexibility index (Phi) is 2.32. The molecule has 3 heteroatoms. The van der Waals surface area contributed by atoms with Crippen LogP contribution in [0.25, 0.3) is 6.08 Å². The average Bonchev–Trinajstić information content (AvgIpc) is 2.19. The summed E-state index contributed by atoms with van der Waals surface area (Å²) in [4.78, 5) is 0.